The zero-order valence-corrected chi connectivity index (χ0v) is 12.0. The van der Waals surface area contributed by atoms with Gasteiger partial charge in [0.2, 0.25) is 5.91 Å². The lowest BCUT2D eigenvalue weighted by Crippen LogP contribution is -2.39. The van der Waals surface area contributed by atoms with Crippen molar-refractivity contribution in [2.45, 2.75) is 24.1 Å². The van der Waals surface area contributed by atoms with Crippen LogP contribution in [0.1, 0.15) is 24.2 Å². The summed E-state index contributed by atoms with van der Waals surface area (Å²) in [6, 6.07) is 0.965. The minimum absolute atomic E-state index is 0.0858. The molecular formula is C10H14N2O5S2. The van der Waals surface area contributed by atoms with Gasteiger partial charge < -0.3 is 10.4 Å². The summed E-state index contributed by atoms with van der Waals surface area (Å²) < 4.78 is 25.5. The highest BCUT2D eigenvalue weighted by Crippen LogP contribution is 2.19. The van der Waals surface area contributed by atoms with E-state index in [-0.39, 0.29) is 22.4 Å². The molecule has 0 atom stereocenters. The molecule has 0 saturated heterocycles. The average Bonchev–Trinajstić information content (AvgIpc) is 2.75. The Balaban J connectivity index is 2.70. The van der Waals surface area contributed by atoms with Crippen LogP contribution in [0.25, 0.3) is 0 Å². The number of amides is 1. The van der Waals surface area contributed by atoms with Crippen molar-refractivity contribution in [2.24, 2.45) is 0 Å². The number of sulfonamides is 1. The van der Waals surface area contributed by atoms with Gasteiger partial charge in [0, 0.05) is 11.4 Å². The number of carboxylic acids is 1. The zero-order valence-electron chi connectivity index (χ0n) is 10.3. The van der Waals surface area contributed by atoms with Gasteiger partial charge in [-0.05, 0) is 19.9 Å². The van der Waals surface area contributed by atoms with Crippen LogP contribution >= 0.6 is 11.3 Å². The molecule has 0 unspecified atom stereocenters. The maximum absolute atomic E-state index is 11.8. The molecule has 1 amide bonds. The van der Waals surface area contributed by atoms with Crippen molar-refractivity contribution in [2.75, 3.05) is 6.54 Å². The Labute approximate surface area is 114 Å². The Morgan fingerprint density at radius 2 is 2.05 bits per heavy atom. The van der Waals surface area contributed by atoms with Crippen LogP contribution in [0.4, 0.5) is 0 Å². The monoisotopic (exact) mass is 306 g/mol. The van der Waals surface area contributed by atoms with E-state index in [0.29, 0.717) is 0 Å². The van der Waals surface area contributed by atoms with Crippen LogP contribution in [-0.2, 0) is 14.8 Å². The van der Waals surface area contributed by atoms with Gasteiger partial charge >= 0.3 is 5.97 Å². The van der Waals surface area contributed by atoms with E-state index < -0.39 is 21.9 Å². The molecule has 0 fully saturated rings. The molecule has 0 aliphatic heterocycles. The fourth-order valence-corrected chi connectivity index (χ4v) is 3.35. The molecule has 0 aliphatic rings. The van der Waals surface area contributed by atoms with E-state index in [0.717, 1.165) is 17.4 Å². The molecule has 1 aromatic rings. The Hall–Kier alpha value is -1.45. The summed E-state index contributed by atoms with van der Waals surface area (Å²) in [5.74, 6) is -1.65. The average molecular weight is 306 g/mol. The van der Waals surface area contributed by atoms with Crippen LogP contribution in [0, 0.1) is 0 Å². The van der Waals surface area contributed by atoms with Crippen molar-refractivity contribution in [1.29, 1.82) is 0 Å². The summed E-state index contributed by atoms with van der Waals surface area (Å²) in [6.45, 7) is 3.12. The minimum Gasteiger partial charge on any atom is -0.478 e. The number of aromatic carboxylic acids is 1. The van der Waals surface area contributed by atoms with E-state index in [1.807, 2.05) is 0 Å². The number of carbonyl (C=O) groups is 2. The molecule has 106 valence electrons. The number of thiophene rings is 1. The second-order valence-electron chi connectivity index (χ2n) is 4.01. The lowest BCUT2D eigenvalue weighted by Gasteiger charge is -2.08. The van der Waals surface area contributed by atoms with E-state index in [1.54, 1.807) is 13.8 Å². The number of hydrogen-bond acceptors (Lipinski definition) is 5. The van der Waals surface area contributed by atoms with E-state index in [1.165, 1.54) is 5.38 Å². The first-order valence-electron chi connectivity index (χ1n) is 5.33. The summed E-state index contributed by atoms with van der Waals surface area (Å²) in [4.78, 5) is 22.0. The standard InChI is InChI=1S/C10H14N2O5S2/c1-6(2)12-8(13)4-11-19(16,17)9-3-7(5-18-9)10(14)15/h3,5-6,11H,4H2,1-2H3,(H,12,13)(H,14,15). The van der Waals surface area contributed by atoms with Gasteiger partial charge in [-0.3, -0.25) is 4.79 Å². The van der Waals surface area contributed by atoms with Crippen LogP contribution in [0.3, 0.4) is 0 Å². The molecule has 0 bridgehead atoms. The quantitative estimate of drug-likeness (QED) is 0.697. The summed E-state index contributed by atoms with van der Waals surface area (Å²) in [6.07, 6.45) is 0. The molecular weight excluding hydrogens is 292 g/mol. The molecule has 0 saturated carbocycles. The number of carbonyl (C=O) groups excluding carboxylic acids is 1. The van der Waals surface area contributed by atoms with Crippen LogP contribution in [0.15, 0.2) is 15.7 Å². The van der Waals surface area contributed by atoms with E-state index >= 15 is 0 Å². The molecule has 0 aliphatic carbocycles. The van der Waals surface area contributed by atoms with E-state index in [4.69, 9.17) is 5.11 Å². The van der Waals surface area contributed by atoms with Gasteiger partial charge in [0.1, 0.15) is 4.21 Å². The molecule has 1 heterocycles. The minimum atomic E-state index is -3.86. The Kier molecular flexibility index (Phi) is 5.04. The smallest absolute Gasteiger partial charge is 0.336 e. The van der Waals surface area contributed by atoms with Gasteiger partial charge in [0.05, 0.1) is 12.1 Å². The second-order valence-corrected chi connectivity index (χ2v) is 6.91. The van der Waals surface area contributed by atoms with Crippen molar-refractivity contribution >= 4 is 33.2 Å². The molecule has 0 spiro atoms. The molecule has 3 N–H and O–H groups in total. The number of rotatable bonds is 6. The van der Waals surface area contributed by atoms with Crippen molar-refractivity contribution in [1.82, 2.24) is 10.0 Å². The molecule has 0 radical (unpaired) electrons. The molecule has 1 rings (SSSR count). The third kappa shape index (κ3) is 4.62. The van der Waals surface area contributed by atoms with Gasteiger partial charge in [-0.2, -0.15) is 0 Å². The maximum atomic E-state index is 11.8. The lowest BCUT2D eigenvalue weighted by molar-refractivity contribution is -0.120. The third-order valence-electron chi connectivity index (χ3n) is 1.96. The van der Waals surface area contributed by atoms with Crippen molar-refractivity contribution < 1.29 is 23.1 Å². The first-order chi connectivity index (χ1) is 8.72. The van der Waals surface area contributed by atoms with E-state index in [2.05, 4.69) is 10.0 Å². The van der Waals surface area contributed by atoms with E-state index in [9.17, 15) is 18.0 Å². The van der Waals surface area contributed by atoms with Crippen LogP contribution in [0.2, 0.25) is 0 Å². The number of hydrogen-bond donors (Lipinski definition) is 3. The van der Waals surface area contributed by atoms with Gasteiger partial charge in [-0.1, -0.05) is 0 Å². The lowest BCUT2D eigenvalue weighted by atomic mass is 10.4. The fraction of sp³-hybridized carbons (Fsp3) is 0.400. The van der Waals surface area contributed by atoms with Gasteiger partial charge in [0.25, 0.3) is 10.0 Å². The molecule has 1 aromatic heterocycles. The SMILES string of the molecule is CC(C)NC(=O)CNS(=O)(=O)c1cc(C(=O)O)cs1. The Morgan fingerprint density at radius 3 is 2.53 bits per heavy atom. The van der Waals surface area contributed by atoms with Crippen molar-refractivity contribution in [3.63, 3.8) is 0 Å². The maximum Gasteiger partial charge on any atom is 0.336 e. The van der Waals surface area contributed by atoms with Gasteiger partial charge in [0.15, 0.2) is 0 Å². The van der Waals surface area contributed by atoms with Gasteiger partial charge in [-0.15, -0.1) is 11.3 Å². The van der Waals surface area contributed by atoms with Gasteiger partial charge in [-0.25, -0.2) is 17.9 Å². The van der Waals surface area contributed by atoms with Crippen molar-refractivity contribution in [3.8, 4) is 0 Å². The Bertz CT molecular complexity index is 576. The van der Waals surface area contributed by atoms with Crippen LogP contribution in [0.5, 0.6) is 0 Å². The summed E-state index contributed by atoms with van der Waals surface area (Å²) >= 11 is 0.787. The predicted octanol–water partition coefficient (Wildman–Crippen LogP) is 0.249. The van der Waals surface area contributed by atoms with Crippen LogP contribution < -0.4 is 10.0 Å². The molecule has 0 aromatic carbocycles. The zero-order chi connectivity index (χ0) is 14.6. The predicted molar refractivity (Wildman–Crippen MR) is 69.7 cm³/mol. The second kappa shape index (κ2) is 6.13. The number of carboxylic acid groups (broad SMARTS) is 1. The molecule has 7 nitrogen and oxygen atoms in total. The summed E-state index contributed by atoms with van der Waals surface area (Å²) in [7, 11) is -3.86. The molecule has 19 heavy (non-hydrogen) atoms. The highest BCUT2D eigenvalue weighted by atomic mass is 32.2. The van der Waals surface area contributed by atoms with Crippen LogP contribution in [-0.4, -0.2) is 38.0 Å². The highest BCUT2D eigenvalue weighted by Gasteiger charge is 2.19. The fourth-order valence-electron chi connectivity index (χ4n) is 1.17. The number of nitrogens with one attached hydrogen (secondary N) is 2. The summed E-state index contributed by atoms with van der Waals surface area (Å²) in [5.41, 5.74) is -0.1000. The topological polar surface area (TPSA) is 113 Å². The molecule has 9 heteroatoms. The normalized spacial score (nSPS) is 11.5. The largest absolute Gasteiger partial charge is 0.478 e. The third-order valence-corrected chi connectivity index (χ3v) is 4.80. The highest BCUT2D eigenvalue weighted by molar-refractivity contribution is 7.91. The first kappa shape index (κ1) is 15.6. The summed E-state index contributed by atoms with van der Waals surface area (Å²) in [5, 5.41) is 12.5. The first-order valence-corrected chi connectivity index (χ1v) is 7.69. The Morgan fingerprint density at radius 1 is 1.42 bits per heavy atom. The van der Waals surface area contributed by atoms with Crippen molar-refractivity contribution in [3.05, 3.63) is 17.0 Å².